The fourth-order valence-electron chi connectivity index (χ4n) is 1.70. The molecule has 1 aliphatic rings. The van der Waals surface area contributed by atoms with Crippen molar-refractivity contribution in [2.45, 2.75) is 13.0 Å². The molecular formula is C11H11N3O. The average Bonchev–Trinajstić information content (AvgIpc) is 2.26. The molecule has 15 heavy (non-hydrogen) atoms. The number of likely N-dealkylation sites (N-methyl/N-ethyl adjacent to an activating group) is 1. The van der Waals surface area contributed by atoms with Crippen LogP contribution in [0.3, 0.4) is 0 Å². The van der Waals surface area contributed by atoms with Gasteiger partial charge in [0.15, 0.2) is 0 Å². The first-order valence-corrected chi connectivity index (χ1v) is 4.71. The highest BCUT2D eigenvalue weighted by Crippen LogP contribution is 2.31. The minimum absolute atomic E-state index is 0.0117. The molecule has 1 unspecified atom stereocenters. The largest absolute Gasteiger partial charge is 0.372 e. The molecule has 1 atom stereocenters. The summed E-state index contributed by atoms with van der Waals surface area (Å²) >= 11 is 0. The first kappa shape index (κ1) is 9.53. The fourth-order valence-corrected chi connectivity index (χ4v) is 1.70. The highest BCUT2D eigenvalue weighted by atomic mass is 16.2. The highest BCUT2D eigenvalue weighted by Gasteiger charge is 2.26. The van der Waals surface area contributed by atoms with E-state index in [1.165, 1.54) is 0 Å². The lowest BCUT2D eigenvalue weighted by atomic mass is 10.1. The van der Waals surface area contributed by atoms with E-state index in [0.717, 1.165) is 11.4 Å². The molecule has 1 aliphatic heterocycles. The molecule has 4 heteroatoms. The molecule has 0 aromatic heterocycles. The van der Waals surface area contributed by atoms with Crippen molar-refractivity contribution in [1.82, 2.24) is 0 Å². The number of amides is 1. The van der Waals surface area contributed by atoms with Crippen LogP contribution in [0, 0.1) is 11.3 Å². The van der Waals surface area contributed by atoms with Gasteiger partial charge in [0, 0.05) is 7.05 Å². The lowest BCUT2D eigenvalue weighted by Gasteiger charge is -2.31. The van der Waals surface area contributed by atoms with Crippen molar-refractivity contribution in [2.75, 3.05) is 17.3 Å². The smallest absolute Gasteiger partial charge is 0.248 e. The SMILES string of the molecule is CC1Nc2ccc(C#N)cc2N(C)C1=O. The van der Waals surface area contributed by atoms with E-state index in [4.69, 9.17) is 5.26 Å². The second-order valence-electron chi connectivity index (χ2n) is 3.61. The molecule has 1 aromatic rings. The van der Waals surface area contributed by atoms with Crippen LogP contribution in [0.25, 0.3) is 0 Å². The van der Waals surface area contributed by atoms with Gasteiger partial charge in [-0.05, 0) is 25.1 Å². The summed E-state index contributed by atoms with van der Waals surface area (Å²) < 4.78 is 0. The van der Waals surface area contributed by atoms with Crippen molar-refractivity contribution in [3.8, 4) is 6.07 Å². The summed E-state index contributed by atoms with van der Waals surface area (Å²) in [4.78, 5) is 13.2. The molecule has 0 radical (unpaired) electrons. The summed E-state index contributed by atoms with van der Waals surface area (Å²) in [6.45, 7) is 1.82. The zero-order valence-corrected chi connectivity index (χ0v) is 8.61. The van der Waals surface area contributed by atoms with Gasteiger partial charge in [-0.15, -0.1) is 0 Å². The summed E-state index contributed by atoms with van der Waals surface area (Å²) in [5, 5.41) is 11.9. The monoisotopic (exact) mass is 201 g/mol. The summed E-state index contributed by atoms with van der Waals surface area (Å²) in [5.74, 6) is 0.0117. The third-order valence-corrected chi connectivity index (χ3v) is 2.56. The Bertz CT molecular complexity index is 461. The third kappa shape index (κ3) is 1.42. The van der Waals surface area contributed by atoms with Gasteiger partial charge in [0.05, 0.1) is 23.0 Å². The van der Waals surface area contributed by atoms with Crippen LogP contribution in [0.15, 0.2) is 18.2 Å². The quantitative estimate of drug-likeness (QED) is 0.689. The Morgan fingerprint density at radius 3 is 2.93 bits per heavy atom. The van der Waals surface area contributed by atoms with E-state index >= 15 is 0 Å². The zero-order valence-electron chi connectivity index (χ0n) is 8.61. The highest BCUT2D eigenvalue weighted by molar-refractivity contribution is 6.04. The lowest BCUT2D eigenvalue weighted by molar-refractivity contribution is -0.118. The second kappa shape index (κ2) is 3.28. The van der Waals surface area contributed by atoms with E-state index < -0.39 is 0 Å². The van der Waals surface area contributed by atoms with Crippen LogP contribution >= 0.6 is 0 Å². The number of benzene rings is 1. The Morgan fingerprint density at radius 1 is 1.53 bits per heavy atom. The van der Waals surface area contributed by atoms with E-state index in [9.17, 15) is 4.79 Å². The lowest BCUT2D eigenvalue weighted by Crippen LogP contribution is -2.43. The van der Waals surface area contributed by atoms with Crippen LogP contribution in [0.1, 0.15) is 12.5 Å². The van der Waals surface area contributed by atoms with E-state index in [2.05, 4.69) is 11.4 Å². The molecular weight excluding hydrogens is 190 g/mol. The number of anilines is 2. The first-order valence-electron chi connectivity index (χ1n) is 4.71. The summed E-state index contributed by atoms with van der Waals surface area (Å²) in [6, 6.07) is 7.12. The fraction of sp³-hybridized carbons (Fsp3) is 0.273. The van der Waals surface area contributed by atoms with E-state index in [0.29, 0.717) is 5.56 Å². The molecule has 0 bridgehead atoms. The number of carbonyl (C=O) groups is 1. The van der Waals surface area contributed by atoms with Crippen molar-refractivity contribution >= 4 is 17.3 Å². The topological polar surface area (TPSA) is 56.1 Å². The minimum atomic E-state index is -0.213. The van der Waals surface area contributed by atoms with Crippen molar-refractivity contribution in [3.05, 3.63) is 23.8 Å². The van der Waals surface area contributed by atoms with E-state index in [1.807, 2.05) is 13.0 Å². The van der Waals surface area contributed by atoms with Gasteiger partial charge in [-0.25, -0.2) is 0 Å². The van der Waals surface area contributed by atoms with E-state index in [-0.39, 0.29) is 11.9 Å². The van der Waals surface area contributed by atoms with Crippen molar-refractivity contribution in [2.24, 2.45) is 0 Å². The van der Waals surface area contributed by atoms with Crippen LogP contribution in [0.4, 0.5) is 11.4 Å². The molecule has 1 amide bonds. The average molecular weight is 201 g/mol. The number of nitriles is 1. The van der Waals surface area contributed by atoms with Gasteiger partial charge in [0.25, 0.3) is 0 Å². The maximum absolute atomic E-state index is 11.7. The molecule has 0 spiro atoms. The number of carbonyl (C=O) groups excluding carboxylic acids is 1. The van der Waals surface area contributed by atoms with Crippen LogP contribution in [-0.4, -0.2) is 19.0 Å². The maximum atomic E-state index is 11.7. The van der Waals surface area contributed by atoms with Crippen LogP contribution < -0.4 is 10.2 Å². The molecule has 0 fully saturated rings. The van der Waals surface area contributed by atoms with Gasteiger partial charge in [-0.1, -0.05) is 0 Å². The molecule has 4 nitrogen and oxygen atoms in total. The standard InChI is InChI=1S/C11H11N3O/c1-7-11(15)14(2)10-5-8(6-12)3-4-9(10)13-7/h3-5,7,13H,1-2H3. The van der Waals surface area contributed by atoms with E-state index in [1.54, 1.807) is 24.1 Å². The van der Waals surface area contributed by atoms with Gasteiger partial charge < -0.3 is 10.2 Å². The van der Waals surface area contributed by atoms with Gasteiger partial charge in [-0.3, -0.25) is 4.79 Å². The van der Waals surface area contributed by atoms with Crippen molar-refractivity contribution in [3.63, 3.8) is 0 Å². The van der Waals surface area contributed by atoms with Crippen LogP contribution in [0.2, 0.25) is 0 Å². The molecule has 1 N–H and O–H groups in total. The Morgan fingerprint density at radius 2 is 2.27 bits per heavy atom. The maximum Gasteiger partial charge on any atom is 0.248 e. The number of rotatable bonds is 0. The van der Waals surface area contributed by atoms with Gasteiger partial charge in [0.2, 0.25) is 5.91 Å². The number of fused-ring (bicyclic) bond motifs is 1. The molecule has 0 saturated carbocycles. The Hall–Kier alpha value is -2.02. The summed E-state index contributed by atoms with van der Waals surface area (Å²) in [5.41, 5.74) is 2.21. The Kier molecular flexibility index (Phi) is 2.09. The Labute approximate surface area is 88.1 Å². The number of hydrogen-bond acceptors (Lipinski definition) is 3. The van der Waals surface area contributed by atoms with Crippen molar-refractivity contribution < 1.29 is 4.79 Å². The molecule has 2 rings (SSSR count). The van der Waals surface area contributed by atoms with Gasteiger partial charge in [-0.2, -0.15) is 5.26 Å². The van der Waals surface area contributed by atoms with Crippen LogP contribution in [-0.2, 0) is 4.79 Å². The summed E-state index contributed by atoms with van der Waals surface area (Å²) in [7, 11) is 1.72. The van der Waals surface area contributed by atoms with Crippen LogP contribution in [0.5, 0.6) is 0 Å². The Balaban J connectivity index is 2.52. The normalized spacial score (nSPS) is 19.1. The van der Waals surface area contributed by atoms with Crippen molar-refractivity contribution in [1.29, 1.82) is 5.26 Å². The molecule has 0 aliphatic carbocycles. The molecule has 1 heterocycles. The predicted molar refractivity (Wildman–Crippen MR) is 57.7 cm³/mol. The number of hydrogen-bond donors (Lipinski definition) is 1. The molecule has 0 saturated heterocycles. The van der Waals surface area contributed by atoms with Gasteiger partial charge in [0.1, 0.15) is 6.04 Å². The second-order valence-corrected chi connectivity index (χ2v) is 3.61. The zero-order chi connectivity index (χ0) is 11.0. The minimum Gasteiger partial charge on any atom is -0.372 e. The molecule has 1 aromatic carbocycles. The van der Waals surface area contributed by atoms with Gasteiger partial charge >= 0.3 is 0 Å². The number of nitrogens with one attached hydrogen (secondary N) is 1. The molecule has 76 valence electrons. The third-order valence-electron chi connectivity index (χ3n) is 2.56. The summed E-state index contributed by atoms with van der Waals surface area (Å²) in [6.07, 6.45) is 0. The predicted octanol–water partition coefficient (Wildman–Crippen LogP) is 1.34. The first-order chi connectivity index (χ1) is 7.13. The number of nitrogens with zero attached hydrogens (tertiary/aromatic N) is 2.